The van der Waals surface area contributed by atoms with E-state index >= 15 is 0 Å². The number of benzene rings is 1. The second-order valence-electron chi connectivity index (χ2n) is 3.71. The molecule has 1 aromatic rings. The number of rotatable bonds is 1. The molecular weight excluding hydrogens is 438 g/mol. The summed E-state index contributed by atoms with van der Waals surface area (Å²) in [6.45, 7) is 0. The van der Waals surface area contributed by atoms with Crippen LogP contribution in [0, 0.1) is 13.4 Å². The zero-order chi connectivity index (χ0) is 17.4. The molecule has 0 aromatic heterocycles. The van der Waals surface area contributed by atoms with Crippen LogP contribution in [-0.4, -0.2) is 43.4 Å². The first-order valence-corrected chi connectivity index (χ1v) is 8.95. The Morgan fingerprint density at radius 2 is 1.68 bits per heavy atom. The van der Waals surface area contributed by atoms with Crippen LogP contribution in [0.5, 0.6) is 0 Å². The van der Waals surface area contributed by atoms with Crippen molar-refractivity contribution in [2.75, 3.05) is 14.1 Å². The highest BCUT2D eigenvalue weighted by Gasteiger charge is 2.36. The molecule has 0 aliphatic carbocycles. The number of alkyl halides is 3. The summed E-state index contributed by atoms with van der Waals surface area (Å²) in [5.41, 5.74) is -5.65. The zero-order valence-electron chi connectivity index (χ0n) is 11.4. The van der Waals surface area contributed by atoms with Crippen molar-refractivity contribution in [2.24, 2.45) is 0 Å². The van der Waals surface area contributed by atoms with E-state index in [1.165, 1.54) is 8.47 Å². The van der Waals surface area contributed by atoms with Gasteiger partial charge in [-0.2, -0.15) is 13.2 Å². The Hall–Kier alpha value is -1.32. The lowest BCUT2D eigenvalue weighted by molar-refractivity contribution is -0.535. The standard InChI is InChI=1S/C11H11INO.CHF3O3S/c1-13(2)11(14)8-9-12-10-6-4-3-5-7-10;2-1(3,4)8(5,6)7/h3-7H,1-2H3;(H,5,6,7)/q+1;/p-1. The molecule has 1 aromatic carbocycles. The van der Waals surface area contributed by atoms with Gasteiger partial charge in [-0.1, -0.05) is 18.2 Å². The Morgan fingerprint density at radius 1 is 1.23 bits per heavy atom. The fraction of sp³-hybridized carbons (Fsp3) is 0.250. The van der Waals surface area contributed by atoms with E-state index in [0.717, 1.165) is 0 Å². The van der Waals surface area contributed by atoms with E-state index in [-0.39, 0.29) is 27.1 Å². The van der Waals surface area contributed by atoms with Gasteiger partial charge < -0.3 is 9.45 Å². The van der Waals surface area contributed by atoms with Gasteiger partial charge in [0.25, 0.3) is 0 Å². The molecule has 0 unspecified atom stereocenters. The van der Waals surface area contributed by atoms with Gasteiger partial charge >= 0.3 is 32.6 Å². The summed E-state index contributed by atoms with van der Waals surface area (Å²) in [5, 5.41) is 0. The fourth-order valence-electron chi connectivity index (χ4n) is 0.708. The van der Waals surface area contributed by atoms with Crippen LogP contribution in [0.15, 0.2) is 30.3 Å². The first-order valence-electron chi connectivity index (χ1n) is 5.38. The Morgan fingerprint density at radius 3 is 2.05 bits per heavy atom. The molecule has 1 rings (SSSR count). The predicted molar refractivity (Wildman–Crippen MR) is 67.4 cm³/mol. The highest BCUT2D eigenvalue weighted by Crippen LogP contribution is 2.20. The Kier molecular flexibility index (Phi) is 8.43. The van der Waals surface area contributed by atoms with Crippen molar-refractivity contribution in [1.29, 1.82) is 0 Å². The maximum atomic E-state index is 11.1. The molecule has 0 saturated carbocycles. The minimum Gasteiger partial charge on any atom is -0.741 e. The van der Waals surface area contributed by atoms with E-state index in [1.807, 2.05) is 30.3 Å². The van der Waals surface area contributed by atoms with Gasteiger partial charge in [-0.25, -0.2) is 8.42 Å². The molecule has 0 spiro atoms. The predicted octanol–water partition coefficient (Wildman–Crippen LogP) is -1.95. The van der Waals surface area contributed by atoms with Crippen LogP contribution in [0.1, 0.15) is 0 Å². The molecular formula is C12H11F3INO4S. The smallest absolute Gasteiger partial charge is 0.485 e. The van der Waals surface area contributed by atoms with Crippen molar-refractivity contribution in [3.8, 4) is 9.85 Å². The number of hydrogen-bond acceptors (Lipinski definition) is 4. The monoisotopic (exact) mass is 449 g/mol. The lowest BCUT2D eigenvalue weighted by Gasteiger charge is -2.08. The van der Waals surface area contributed by atoms with Gasteiger partial charge in [-0.05, 0) is 12.1 Å². The van der Waals surface area contributed by atoms with Crippen molar-refractivity contribution < 1.29 is 52.1 Å². The van der Waals surface area contributed by atoms with Crippen molar-refractivity contribution in [1.82, 2.24) is 4.90 Å². The highest BCUT2D eigenvalue weighted by molar-refractivity contribution is 7.86. The zero-order valence-corrected chi connectivity index (χ0v) is 14.4. The third-order valence-corrected chi connectivity index (χ3v) is 4.18. The molecule has 22 heavy (non-hydrogen) atoms. The SMILES string of the molecule is CN(C)C(=O)C#C[I+]c1ccccc1.O=S(=O)([O-])C(F)(F)F. The van der Waals surface area contributed by atoms with Crippen LogP contribution >= 0.6 is 0 Å². The maximum absolute atomic E-state index is 11.1. The van der Waals surface area contributed by atoms with Crippen molar-refractivity contribution in [3.05, 3.63) is 33.9 Å². The molecule has 0 atom stereocenters. The number of amides is 1. The molecule has 0 aliphatic rings. The summed E-state index contributed by atoms with van der Waals surface area (Å²) in [4.78, 5) is 12.6. The number of halogens is 4. The van der Waals surface area contributed by atoms with Crippen molar-refractivity contribution >= 4 is 16.0 Å². The molecule has 5 nitrogen and oxygen atoms in total. The summed E-state index contributed by atoms with van der Waals surface area (Å²) in [5.74, 6) is 2.49. The molecule has 1 amide bonds. The molecule has 0 N–H and O–H groups in total. The summed E-state index contributed by atoms with van der Waals surface area (Å²) < 4.78 is 63.1. The van der Waals surface area contributed by atoms with E-state index in [2.05, 4.69) is 9.85 Å². The van der Waals surface area contributed by atoms with Crippen molar-refractivity contribution in [2.45, 2.75) is 5.51 Å². The van der Waals surface area contributed by atoms with Gasteiger partial charge in [-0.3, -0.25) is 4.79 Å². The lowest BCUT2D eigenvalue weighted by Crippen LogP contribution is -3.59. The molecule has 0 heterocycles. The van der Waals surface area contributed by atoms with Gasteiger partial charge in [0.1, 0.15) is 0 Å². The molecule has 0 saturated heterocycles. The number of hydrogen-bond donors (Lipinski definition) is 0. The van der Waals surface area contributed by atoms with E-state index in [1.54, 1.807) is 14.1 Å². The minimum absolute atomic E-state index is 0.124. The van der Waals surface area contributed by atoms with Crippen LogP contribution < -0.4 is 21.2 Å². The summed E-state index contributed by atoms with van der Waals surface area (Å²) in [6, 6.07) is 10.0. The highest BCUT2D eigenvalue weighted by atomic mass is 127. The molecule has 0 aliphatic heterocycles. The van der Waals surface area contributed by atoms with E-state index in [0.29, 0.717) is 0 Å². The first-order chi connectivity index (χ1) is 9.95. The van der Waals surface area contributed by atoms with Crippen LogP contribution in [0.2, 0.25) is 0 Å². The third kappa shape index (κ3) is 8.85. The first kappa shape index (κ1) is 20.7. The summed E-state index contributed by atoms with van der Waals surface area (Å²) in [7, 11) is -2.68. The quantitative estimate of drug-likeness (QED) is 0.216. The third-order valence-electron chi connectivity index (χ3n) is 1.73. The lowest BCUT2D eigenvalue weighted by atomic mass is 10.4. The van der Waals surface area contributed by atoms with E-state index in [4.69, 9.17) is 13.0 Å². The number of carbonyl (C=O) groups excluding carboxylic acids is 1. The summed E-state index contributed by atoms with van der Waals surface area (Å²) in [6.07, 6.45) is 0. The van der Waals surface area contributed by atoms with Gasteiger partial charge in [0, 0.05) is 14.1 Å². The van der Waals surface area contributed by atoms with Gasteiger partial charge in [0.05, 0.1) is 5.92 Å². The molecule has 0 bridgehead atoms. The van der Waals surface area contributed by atoms with Crippen LogP contribution in [0.4, 0.5) is 13.2 Å². The van der Waals surface area contributed by atoms with E-state index in [9.17, 15) is 18.0 Å². The largest absolute Gasteiger partial charge is 0.741 e. The Balaban J connectivity index is 0.000000472. The second-order valence-corrected chi connectivity index (χ2v) is 7.40. The van der Waals surface area contributed by atoms with Crippen LogP contribution in [0.25, 0.3) is 0 Å². The average Bonchev–Trinajstić information content (AvgIpc) is 2.38. The van der Waals surface area contributed by atoms with Crippen molar-refractivity contribution in [3.63, 3.8) is 0 Å². The fourth-order valence-corrected chi connectivity index (χ4v) is 2.16. The average molecular weight is 449 g/mol. The number of carbonyl (C=O) groups is 1. The maximum Gasteiger partial charge on any atom is 0.485 e. The molecule has 122 valence electrons. The topological polar surface area (TPSA) is 77.5 Å². The molecule has 0 radical (unpaired) electrons. The second kappa shape index (κ2) is 8.96. The molecule has 10 heteroatoms. The summed E-state index contributed by atoms with van der Waals surface area (Å²) >= 11 is -0.341. The number of nitrogens with zero attached hydrogens (tertiary/aromatic N) is 1. The van der Waals surface area contributed by atoms with Gasteiger partial charge in [0.2, 0.25) is 3.57 Å². The van der Waals surface area contributed by atoms with Gasteiger partial charge in [-0.15, -0.1) is 0 Å². The van der Waals surface area contributed by atoms with Gasteiger partial charge in [0.15, 0.2) is 14.0 Å². The Labute approximate surface area is 136 Å². The Bertz CT molecular complexity index is 648. The molecule has 0 fully saturated rings. The normalized spacial score (nSPS) is 10.6. The van der Waals surface area contributed by atoms with E-state index < -0.39 is 15.6 Å². The van der Waals surface area contributed by atoms with Crippen LogP contribution in [0.3, 0.4) is 0 Å². The van der Waals surface area contributed by atoms with Crippen LogP contribution in [-0.2, 0) is 14.9 Å². The minimum atomic E-state index is -6.09.